The fraction of sp³-hybridized carbons (Fsp3) is 0.867. The Kier molecular flexibility index (Phi) is 5.54. The molecule has 0 aromatic carbocycles. The molecular weight excluding hydrogens is 194 g/mol. The molecule has 0 bridgehead atoms. The van der Waals surface area contributed by atoms with E-state index in [0.29, 0.717) is 11.5 Å². The van der Waals surface area contributed by atoms with Crippen LogP contribution in [0.25, 0.3) is 0 Å². The standard InChI is InChI=1S/C15H29N/c1-5-6-9-14(16-4)15(12-13(2)3)10-7-8-11-15/h5,13-14,16H,1,6-12H2,2-4H3. The molecule has 0 aromatic heterocycles. The van der Waals surface area contributed by atoms with Crippen LogP contribution in [0.5, 0.6) is 0 Å². The lowest BCUT2D eigenvalue weighted by Gasteiger charge is -2.39. The lowest BCUT2D eigenvalue weighted by Crippen LogP contribution is -2.43. The second kappa shape index (κ2) is 6.44. The van der Waals surface area contributed by atoms with Crippen molar-refractivity contribution in [2.24, 2.45) is 11.3 Å². The highest BCUT2D eigenvalue weighted by Gasteiger charge is 2.40. The van der Waals surface area contributed by atoms with Crippen LogP contribution in [0.1, 0.15) is 58.8 Å². The molecule has 0 spiro atoms. The van der Waals surface area contributed by atoms with Gasteiger partial charge in [0.1, 0.15) is 0 Å². The fourth-order valence-corrected chi connectivity index (χ4v) is 3.63. The molecule has 1 N–H and O–H groups in total. The van der Waals surface area contributed by atoms with E-state index in [4.69, 9.17) is 0 Å². The molecule has 1 heteroatoms. The zero-order chi connectivity index (χ0) is 12.0. The molecule has 1 unspecified atom stereocenters. The Hall–Kier alpha value is -0.300. The average molecular weight is 223 g/mol. The molecule has 0 aliphatic heterocycles. The lowest BCUT2D eigenvalue weighted by atomic mass is 9.71. The van der Waals surface area contributed by atoms with Gasteiger partial charge in [-0.05, 0) is 50.5 Å². The van der Waals surface area contributed by atoms with Crippen molar-refractivity contribution in [2.45, 2.75) is 64.8 Å². The molecule has 1 aliphatic carbocycles. The quantitative estimate of drug-likeness (QED) is 0.639. The molecule has 0 heterocycles. The van der Waals surface area contributed by atoms with Gasteiger partial charge in [-0.3, -0.25) is 0 Å². The maximum absolute atomic E-state index is 3.85. The van der Waals surface area contributed by atoms with Gasteiger partial charge in [-0.1, -0.05) is 32.8 Å². The van der Waals surface area contributed by atoms with E-state index in [0.717, 1.165) is 12.3 Å². The number of allylic oxidation sites excluding steroid dienone is 1. The molecule has 0 amide bonds. The monoisotopic (exact) mass is 223 g/mol. The van der Waals surface area contributed by atoms with E-state index < -0.39 is 0 Å². The maximum atomic E-state index is 3.85. The van der Waals surface area contributed by atoms with Gasteiger partial charge in [-0.25, -0.2) is 0 Å². The van der Waals surface area contributed by atoms with Gasteiger partial charge in [0, 0.05) is 6.04 Å². The third-order valence-electron chi connectivity index (χ3n) is 4.16. The van der Waals surface area contributed by atoms with Gasteiger partial charge >= 0.3 is 0 Å². The number of hydrogen-bond donors (Lipinski definition) is 1. The SMILES string of the molecule is C=CCCC(NC)C1(CC(C)C)CCCC1. The smallest absolute Gasteiger partial charge is 0.0124 e. The van der Waals surface area contributed by atoms with Crippen LogP contribution >= 0.6 is 0 Å². The Morgan fingerprint density at radius 1 is 1.31 bits per heavy atom. The van der Waals surface area contributed by atoms with Gasteiger partial charge in [-0.15, -0.1) is 6.58 Å². The second-order valence-corrected chi connectivity index (χ2v) is 5.87. The highest BCUT2D eigenvalue weighted by Crippen LogP contribution is 2.46. The van der Waals surface area contributed by atoms with Crippen LogP contribution in [0.4, 0.5) is 0 Å². The molecule has 1 atom stereocenters. The zero-order valence-electron chi connectivity index (χ0n) is 11.4. The first-order chi connectivity index (χ1) is 7.64. The minimum Gasteiger partial charge on any atom is -0.316 e. The van der Waals surface area contributed by atoms with Gasteiger partial charge in [0.15, 0.2) is 0 Å². The molecule has 0 aromatic rings. The Labute approximate surface area is 102 Å². The number of nitrogens with one attached hydrogen (secondary N) is 1. The van der Waals surface area contributed by atoms with Crippen molar-refractivity contribution in [3.8, 4) is 0 Å². The fourth-order valence-electron chi connectivity index (χ4n) is 3.63. The Morgan fingerprint density at radius 3 is 2.38 bits per heavy atom. The van der Waals surface area contributed by atoms with Crippen LogP contribution in [0.2, 0.25) is 0 Å². The van der Waals surface area contributed by atoms with Crippen molar-refractivity contribution in [3.63, 3.8) is 0 Å². The van der Waals surface area contributed by atoms with Crippen molar-refractivity contribution in [1.29, 1.82) is 0 Å². The maximum Gasteiger partial charge on any atom is 0.0124 e. The summed E-state index contributed by atoms with van der Waals surface area (Å²) in [4.78, 5) is 0. The van der Waals surface area contributed by atoms with Crippen molar-refractivity contribution in [2.75, 3.05) is 7.05 Å². The largest absolute Gasteiger partial charge is 0.316 e. The van der Waals surface area contributed by atoms with Crippen molar-refractivity contribution < 1.29 is 0 Å². The van der Waals surface area contributed by atoms with Crippen LogP contribution < -0.4 is 5.32 Å². The summed E-state index contributed by atoms with van der Waals surface area (Å²) in [5, 5.41) is 3.58. The first-order valence-electron chi connectivity index (χ1n) is 6.93. The molecule has 0 radical (unpaired) electrons. The molecule has 1 aliphatic rings. The van der Waals surface area contributed by atoms with Crippen molar-refractivity contribution in [3.05, 3.63) is 12.7 Å². The van der Waals surface area contributed by atoms with Crippen LogP contribution in [0, 0.1) is 11.3 Å². The minimum atomic E-state index is 0.575. The first-order valence-corrected chi connectivity index (χ1v) is 6.93. The number of rotatable bonds is 7. The summed E-state index contributed by atoms with van der Waals surface area (Å²) < 4.78 is 0. The summed E-state index contributed by atoms with van der Waals surface area (Å²) in [5.41, 5.74) is 0.575. The minimum absolute atomic E-state index is 0.575. The third-order valence-corrected chi connectivity index (χ3v) is 4.16. The summed E-state index contributed by atoms with van der Waals surface area (Å²) in [6.45, 7) is 8.57. The van der Waals surface area contributed by atoms with E-state index in [1.54, 1.807) is 0 Å². The van der Waals surface area contributed by atoms with E-state index in [-0.39, 0.29) is 0 Å². The van der Waals surface area contributed by atoms with Gasteiger partial charge in [0.05, 0.1) is 0 Å². The third kappa shape index (κ3) is 3.35. The van der Waals surface area contributed by atoms with E-state index in [1.807, 2.05) is 0 Å². The Bertz CT molecular complexity index is 201. The van der Waals surface area contributed by atoms with Crippen LogP contribution in [-0.2, 0) is 0 Å². The van der Waals surface area contributed by atoms with Gasteiger partial charge in [-0.2, -0.15) is 0 Å². The molecule has 1 nitrogen and oxygen atoms in total. The Morgan fingerprint density at radius 2 is 1.94 bits per heavy atom. The number of hydrogen-bond acceptors (Lipinski definition) is 1. The summed E-state index contributed by atoms with van der Waals surface area (Å²) in [6.07, 6.45) is 11.6. The first kappa shape index (κ1) is 13.8. The van der Waals surface area contributed by atoms with E-state index in [1.165, 1.54) is 38.5 Å². The highest BCUT2D eigenvalue weighted by molar-refractivity contribution is 4.95. The average Bonchev–Trinajstić information content (AvgIpc) is 2.67. The molecule has 16 heavy (non-hydrogen) atoms. The lowest BCUT2D eigenvalue weighted by molar-refractivity contribution is 0.154. The van der Waals surface area contributed by atoms with Gasteiger partial charge in [0.25, 0.3) is 0 Å². The molecule has 94 valence electrons. The van der Waals surface area contributed by atoms with Gasteiger partial charge in [0.2, 0.25) is 0 Å². The van der Waals surface area contributed by atoms with E-state index in [9.17, 15) is 0 Å². The molecular formula is C15H29N. The van der Waals surface area contributed by atoms with E-state index >= 15 is 0 Å². The van der Waals surface area contributed by atoms with Crippen LogP contribution in [0.3, 0.4) is 0 Å². The van der Waals surface area contributed by atoms with Gasteiger partial charge < -0.3 is 5.32 Å². The predicted octanol–water partition coefficient (Wildman–Crippen LogP) is 4.15. The summed E-state index contributed by atoms with van der Waals surface area (Å²) in [6, 6.07) is 0.690. The Balaban J connectivity index is 2.68. The normalized spacial score (nSPS) is 21.2. The second-order valence-electron chi connectivity index (χ2n) is 5.87. The molecule has 1 saturated carbocycles. The zero-order valence-corrected chi connectivity index (χ0v) is 11.4. The molecule has 0 saturated heterocycles. The molecule has 1 fully saturated rings. The predicted molar refractivity (Wildman–Crippen MR) is 72.6 cm³/mol. The summed E-state index contributed by atoms with van der Waals surface area (Å²) in [5.74, 6) is 0.817. The van der Waals surface area contributed by atoms with Crippen LogP contribution in [-0.4, -0.2) is 13.1 Å². The summed E-state index contributed by atoms with van der Waals surface area (Å²) >= 11 is 0. The van der Waals surface area contributed by atoms with Crippen molar-refractivity contribution >= 4 is 0 Å². The van der Waals surface area contributed by atoms with Crippen LogP contribution in [0.15, 0.2) is 12.7 Å². The van der Waals surface area contributed by atoms with Crippen molar-refractivity contribution in [1.82, 2.24) is 5.32 Å². The highest BCUT2D eigenvalue weighted by atomic mass is 14.9. The van der Waals surface area contributed by atoms with E-state index in [2.05, 4.69) is 38.9 Å². The molecule has 1 rings (SSSR count). The topological polar surface area (TPSA) is 12.0 Å². The summed E-state index contributed by atoms with van der Waals surface area (Å²) in [7, 11) is 2.13.